The fourth-order valence-corrected chi connectivity index (χ4v) is 3.03. The average Bonchev–Trinajstić information content (AvgIpc) is 2.03. The van der Waals surface area contributed by atoms with Crippen LogP contribution in [0, 0.1) is 0 Å². The Bertz CT molecular complexity index is 280. The first-order valence-corrected chi connectivity index (χ1v) is 6.58. The van der Waals surface area contributed by atoms with Crippen LogP contribution in [0.5, 0.6) is 0 Å². The number of hydrogen-bond acceptors (Lipinski definition) is 1. The molecule has 0 fully saturated rings. The van der Waals surface area contributed by atoms with Crippen molar-refractivity contribution in [1.82, 2.24) is 0 Å². The molecule has 0 spiro atoms. The third-order valence-corrected chi connectivity index (χ3v) is 4.93. The summed E-state index contributed by atoms with van der Waals surface area (Å²) >= 11 is 9.64. The summed E-state index contributed by atoms with van der Waals surface area (Å²) in [6.07, 6.45) is 0. The number of alkyl halides is 3. The van der Waals surface area contributed by atoms with Gasteiger partial charge < -0.3 is 0 Å². The molecule has 0 heterocycles. The summed E-state index contributed by atoms with van der Waals surface area (Å²) in [6, 6.07) is 9.22. The predicted octanol–water partition coefficient (Wildman–Crippen LogP) is 3.59. The van der Waals surface area contributed by atoms with E-state index in [-0.39, 0.29) is 0 Å². The summed E-state index contributed by atoms with van der Waals surface area (Å²) < 4.78 is 10.9. The third kappa shape index (κ3) is 2.94. The van der Waals surface area contributed by atoms with Crippen molar-refractivity contribution in [2.24, 2.45) is 0 Å². The maximum atomic E-state index is 11.6. The molecule has 0 amide bonds. The van der Waals surface area contributed by atoms with Crippen LogP contribution in [-0.2, 0) is 10.8 Å². The van der Waals surface area contributed by atoms with Crippen molar-refractivity contribution in [3.8, 4) is 0 Å². The summed E-state index contributed by atoms with van der Waals surface area (Å²) in [6.45, 7) is 0. The van der Waals surface area contributed by atoms with E-state index in [4.69, 9.17) is 0 Å². The summed E-state index contributed by atoms with van der Waals surface area (Å²) in [5.41, 5.74) is 0. The van der Waals surface area contributed by atoms with Gasteiger partial charge in [0, 0.05) is 4.90 Å². The summed E-state index contributed by atoms with van der Waals surface area (Å²) in [4.78, 5) is 0.767. The van der Waals surface area contributed by atoms with E-state index in [9.17, 15) is 4.21 Å². The zero-order valence-corrected chi connectivity index (χ0v) is 11.4. The molecule has 1 atom stereocenters. The van der Waals surface area contributed by atoms with Gasteiger partial charge in [-0.25, -0.2) is 0 Å². The van der Waals surface area contributed by atoms with E-state index in [0.717, 1.165) is 4.90 Å². The maximum Gasteiger partial charge on any atom is 0.213 e. The topological polar surface area (TPSA) is 17.1 Å². The fourth-order valence-electron chi connectivity index (χ4n) is 0.678. The average molecular weight is 377 g/mol. The Kier molecular flexibility index (Phi) is 3.95. The largest absolute Gasteiger partial charge is 0.251 e. The molecule has 1 nitrogen and oxygen atoms in total. The summed E-state index contributed by atoms with van der Waals surface area (Å²) in [5.74, 6) is 0. The molecule has 0 saturated carbocycles. The lowest BCUT2D eigenvalue weighted by atomic mass is 10.4. The van der Waals surface area contributed by atoms with Gasteiger partial charge in [0.05, 0.1) is 10.8 Å². The van der Waals surface area contributed by atoms with Crippen molar-refractivity contribution >= 4 is 58.6 Å². The van der Waals surface area contributed by atoms with E-state index in [2.05, 4.69) is 47.8 Å². The van der Waals surface area contributed by atoms with Gasteiger partial charge >= 0.3 is 0 Å². The number of halogens is 3. The van der Waals surface area contributed by atoms with Crippen LogP contribution in [0.25, 0.3) is 0 Å². The van der Waals surface area contributed by atoms with E-state index in [1.165, 1.54) is 0 Å². The van der Waals surface area contributed by atoms with Gasteiger partial charge in [0.25, 0.3) is 0 Å². The van der Waals surface area contributed by atoms with Crippen LogP contribution in [0.2, 0.25) is 0 Å². The Morgan fingerprint density at radius 3 is 2.00 bits per heavy atom. The molecule has 12 heavy (non-hydrogen) atoms. The molecule has 0 saturated heterocycles. The van der Waals surface area contributed by atoms with Crippen LogP contribution in [0.15, 0.2) is 35.2 Å². The van der Waals surface area contributed by atoms with E-state index in [1.807, 2.05) is 30.3 Å². The molecule has 0 bridgehead atoms. The summed E-state index contributed by atoms with van der Waals surface area (Å²) in [7, 11) is -1.15. The van der Waals surface area contributed by atoms with Crippen molar-refractivity contribution in [2.45, 2.75) is 6.37 Å². The van der Waals surface area contributed by atoms with Gasteiger partial charge in [0.1, 0.15) is 0 Å². The van der Waals surface area contributed by atoms with Crippen molar-refractivity contribution in [3.05, 3.63) is 30.3 Å². The van der Waals surface area contributed by atoms with Crippen molar-refractivity contribution < 1.29 is 4.21 Å². The Balaban J connectivity index is 2.94. The van der Waals surface area contributed by atoms with Crippen molar-refractivity contribution in [2.75, 3.05) is 0 Å². The molecule has 0 aliphatic rings. The van der Waals surface area contributed by atoms with Gasteiger partial charge in [-0.05, 0) is 59.9 Å². The molecular formula is C7H5Br3OS. The smallest absolute Gasteiger partial charge is 0.213 e. The lowest BCUT2D eigenvalue weighted by Crippen LogP contribution is -2.09. The second-order valence-electron chi connectivity index (χ2n) is 2.03. The van der Waals surface area contributed by atoms with Crippen LogP contribution in [-0.4, -0.2) is 5.68 Å². The number of hydrogen-bond donors (Lipinski definition) is 0. The standard InChI is InChI=1S/C7H5Br3OS/c8-7(9,10)12(11)6-4-2-1-3-5-6/h1-5H. The van der Waals surface area contributed by atoms with Crippen molar-refractivity contribution in [3.63, 3.8) is 0 Å². The van der Waals surface area contributed by atoms with E-state index >= 15 is 0 Å². The molecule has 1 rings (SSSR count). The molecule has 1 aromatic carbocycles. The molecule has 1 unspecified atom stereocenters. The zero-order chi connectivity index (χ0) is 9.19. The first-order chi connectivity index (χ1) is 5.52. The SMILES string of the molecule is O=S(c1ccccc1)C(Br)(Br)Br. The minimum Gasteiger partial charge on any atom is -0.251 e. The van der Waals surface area contributed by atoms with Crippen LogP contribution in [0.1, 0.15) is 0 Å². The fraction of sp³-hybridized carbons (Fsp3) is 0.143. The van der Waals surface area contributed by atoms with Crippen molar-refractivity contribution in [1.29, 1.82) is 0 Å². The molecule has 1 aromatic rings. The van der Waals surface area contributed by atoms with Crippen LogP contribution in [0.3, 0.4) is 0 Å². The monoisotopic (exact) mass is 374 g/mol. The van der Waals surface area contributed by atoms with Crippen LogP contribution >= 0.6 is 47.8 Å². The van der Waals surface area contributed by atoms with Crippen LogP contribution in [0.4, 0.5) is 0 Å². The molecule has 5 heteroatoms. The highest BCUT2D eigenvalue weighted by Crippen LogP contribution is 2.40. The third-order valence-electron chi connectivity index (χ3n) is 1.17. The molecule has 0 aliphatic heterocycles. The molecule has 66 valence electrons. The number of rotatable bonds is 1. The minimum absolute atomic E-state index is 0.728. The Hall–Kier alpha value is 0.810. The Morgan fingerprint density at radius 1 is 1.08 bits per heavy atom. The van der Waals surface area contributed by atoms with E-state index < -0.39 is 12.3 Å². The lowest BCUT2D eigenvalue weighted by molar-refractivity contribution is 0.685. The second-order valence-corrected chi connectivity index (χ2v) is 12.0. The molecular weight excluding hydrogens is 372 g/mol. The maximum absolute atomic E-state index is 11.6. The molecule has 0 aromatic heterocycles. The quantitative estimate of drug-likeness (QED) is 0.684. The summed E-state index contributed by atoms with van der Waals surface area (Å²) in [5, 5.41) is 0. The van der Waals surface area contributed by atoms with Gasteiger partial charge in [0.15, 0.2) is 0 Å². The van der Waals surface area contributed by atoms with Gasteiger partial charge in [-0.1, -0.05) is 18.2 Å². The zero-order valence-electron chi connectivity index (χ0n) is 5.84. The van der Waals surface area contributed by atoms with Gasteiger partial charge in [-0.3, -0.25) is 4.21 Å². The highest BCUT2D eigenvalue weighted by atomic mass is 80.0. The van der Waals surface area contributed by atoms with E-state index in [0.29, 0.717) is 0 Å². The first kappa shape index (κ1) is 10.9. The molecule has 0 aliphatic carbocycles. The molecule has 0 radical (unpaired) electrons. The second kappa shape index (κ2) is 4.35. The van der Waals surface area contributed by atoms with Gasteiger partial charge in [-0.2, -0.15) is 0 Å². The molecule has 0 N–H and O–H groups in total. The van der Waals surface area contributed by atoms with E-state index in [1.54, 1.807) is 0 Å². The Labute approximate surface area is 98.8 Å². The number of benzene rings is 1. The highest BCUT2D eigenvalue weighted by molar-refractivity contribution is 9.42. The Morgan fingerprint density at radius 2 is 1.58 bits per heavy atom. The van der Waals surface area contributed by atoms with Gasteiger partial charge in [0.2, 0.25) is 1.47 Å². The highest BCUT2D eigenvalue weighted by Gasteiger charge is 2.27. The normalized spacial score (nSPS) is 14.2. The minimum atomic E-state index is -1.15. The lowest BCUT2D eigenvalue weighted by Gasteiger charge is -2.10. The van der Waals surface area contributed by atoms with Crippen LogP contribution < -0.4 is 0 Å². The predicted molar refractivity (Wildman–Crippen MR) is 62.4 cm³/mol. The first-order valence-electron chi connectivity index (χ1n) is 3.05. The van der Waals surface area contributed by atoms with Gasteiger partial charge in [-0.15, -0.1) is 0 Å².